The Kier molecular flexibility index (Phi) is 5.28. The first-order valence-electron chi connectivity index (χ1n) is 10.6. The normalized spacial score (nSPS) is 14.1. The van der Waals surface area contributed by atoms with Crippen LogP contribution in [0.3, 0.4) is 0 Å². The van der Waals surface area contributed by atoms with Crippen molar-refractivity contribution in [1.82, 2.24) is 14.4 Å². The number of hydrogen-bond acceptors (Lipinski definition) is 5. The van der Waals surface area contributed by atoms with Crippen molar-refractivity contribution >= 4 is 33.6 Å². The molecule has 0 saturated heterocycles. The molecule has 31 heavy (non-hydrogen) atoms. The third-order valence-corrected chi connectivity index (χ3v) is 6.61. The number of benzene rings is 1. The largest absolute Gasteiger partial charge is 0.305 e. The quantitative estimate of drug-likeness (QED) is 0.394. The first kappa shape index (κ1) is 19.9. The lowest BCUT2D eigenvalue weighted by Gasteiger charge is -2.18. The molecule has 0 spiro atoms. The van der Waals surface area contributed by atoms with Crippen LogP contribution in [0.15, 0.2) is 53.0 Å². The van der Waals surface area contributed by atoms with Crippen molar-refractivity contribution in [2.24, 2.45) is 4.99 Å². The second kappa shape index (κ2) is 8.23. The topological polar surface area (TPSA) is 45.8 Å². The summed E-state index contributed by atoms with van der Waals surface area (Å²) in [6.45, 7) is 3.03. The summed E-state index contributed by atoms with van der Waals surface area (Å²) in [5, 5.41) is 2.88. The van der Waals surface area contributed by atoms with Gasteiger partial charge in [-0.3, -0.25) is 9.39 Å². The van der Waals surface area contributed by atoms with Gasteiger partial charge in [-0.05, 0) is 62.1 Å². The van der Waals surface area contributed by atoms with E-state index in [1.807, 2.05) is 12.4 Å². The van der Waals surface area contributed by atoms with Crippen molar-refractivity contribution < 1.29 is 4.39 Å². The Hall–Kier alpha value is -3.06. The Morgan fingerprint density at radius 3 is 2.61 bits per heavy atom. The van der Waals surface area contributed by atoms with E-state index in [0.29, 0.717) is 0 Å². The molecule has 0 unspecified atom stereocenters. The number of hydrogen-bond donors (Lipinski definition) is 0. The molecule has 1 aromatic carbocycles. The van der Waals surface area contributed by atoms with Crippen LogP contribution in [-0.2, 0) is 6.42 Å². The molecule has 5 nitrogen and oxygen atoms in total. The highest BCUT2D eigenvalue weighted by Gasteiger charge is 2.20. The van der Waals surface area contributed by atoms with Gasteiger partial charge in [0.15, 0.2) is 5.13 Å². The lowest BCUT2D eigenvalue weighted by Crippen LogP contribution is -2.14. The number of thiazole rings is 1. The molecule has 0 aliphatic carbocycles. The van der Waals surface area contributed by atoms with Crippen molar-refractivity contribution in [3.05, 3.63) is 65.0 Å². The zero-order chi connectivity index (χ0) is 21.4. The van der Waals surface area contributed by atoms with Crippen LogP contribution < -0.4 is 4.90 Å². The van der Waals surface area contributed by atoms with Gasteiger partial charge < -0.3 is 4.90 Å². The number of aliphatic imine (C=N–C) groups is 1. The summed E-state index contributed by atoms with van der Waals surface area (Å²) >= 11 is 1.57. The maximum Gasteiger partial charge on any atom is 0.191 e. The first-order valence-corrected chi connectivity index (χ1v) is 11.5. The predicted molar refractivity (Wildman–Crippen MR) is 125 cm³/mol. The van der Waals surface area contributed by atoms with Gasteiger partial charge in [0.05, 0.1) is 11.4 Å². The number of nitrogens with zero attached hydrogens (tertiary/aromatic N) is 5. The molecule has 5 rings (SSSR count). The third-order valence-electron chi connectivity index (χ3n) is 5.69. The van der Waals surface area contributed by atoms with E-state index in [-0.39, 0.29) is 5.82 Å². The summed E-state index contributed by atoms with van der Waals surface area (Å²) in [6, 6.07) is 10.7. The van der Waals surface area contributed by atoms with Crippen molar-refractivity contribution in [3.8, 4) is 11.3 Å². The highest BCUT2D eigenvalue weighted by molar-refractivity contribution is 7.14. The lowest BCUT2D eigenvalue weighted by molar-refractivity contribution is 0.628. The maximum atomic E-state index is 13.3. The van der Waals surface area contributed by atoms with Crippen LogP contribution in [0.5, 0.6) is 0 Å². The SMILES string of the molecule is CCc1nc2ccc(C3=NCCCC3)cn2c1N(C)c1nc(-c2ccc(F)cc2)cs1. The van der Waals surface area contributed by atoms with Crippen molar-refractivity contribution in [2.75, 3.05) is 18.5 Å². The molecule has 1 aliphatic rings. The van der Waals surface area contributed by atoms with E-state index in [4.69, 9.17) is 15.0 Å². The highest BCUT2D eigenvalue weighted by atomic mass is 32.1. The zero-order valence-corrected chi connectivity index (χ0v) is 18.5. The minimum absolute atomic E-state index is 0.243. The average Bonchev–Trinajstić information content (AvgIpc) is 3.44. The van der Waals surface area contributed by atoms with Gasteiger partial charge in [0.25, 0.3) is 0 Å². The number of pyridine rings is 1. The summed E-state index contributed by atoms with van der Waals surface area (Å²) < 4.78 is 15.4. The van der Waals surface area contributed by atoms with E-state index in [1.165, 1.54) is 30.7 Å². The molecule has 1 aliphatic heterocycles. The van der Waals surface area contributed by atoms with Crippen molar-refractivity contribution in [3.63, 3.8) is 0 Å². The molecule has 0 bridgehead atoms. The van der Waals surface area contributed by atoms with Crippen LogP contribution in [0.1, 0.15) is 37.4 Å². The van der Waals surface area contributed by atoms with E-state index in [9.17, 15) is 4.39 Å². The minimum atomic E-state index is -0.243. The second-order valence-corrected chi connectivity index (χ2v) is 8.58. The number of aryl methyl sites for hydroxylation is 1. The maximum absolute atomic E-state index is 13.3. The van der Waals surface area contributed by atoms with Crippen molar-refractivity contribution in [1.29, 1.82) is 0 Å². The number of aromatic nitrogens is 3. The van der Waals surface area contributed by atoms with E-state index in [1.54, 1.807) is 23.5 Å². The molecular formula is C24H24FN5S. The van der Waals surface area contributed by atoms with Crippen LogP contribution in [0.4, 0.5) is 15.3 Å². The lowest BCUT2D eigenvalue weighted by atomic mass is 10.0. The van der Waals surface area contributed by atoms with Crippen LogP contribution in [-0.4, -0.2) is 33.7 Å². The molecule has 0 radical (unpaired) electrons. The molecule has 4 aromatic rings. The Morgan fingerprint density at radius 1 is 1.06 bits per heavy atom. The monoisotopic (exact) mass is 433 g/mol. The molecule has 3 aromatic heterocycles. The molecule has 0 atom stereocenters. The average molecular weight is 434 g/mol. The molecule has 0 fully saturated rings. The summed E-state index contributed by atoms with van der Waals surface area (Å²) in [5.74, 6) is 0.781. The third kappa shape index (κ3) is 3.74. The van der Waals surface area contributed by atoms with Gasteiger partial charge in [0.2, 0.25) is 0 Å². The Morgan fingerprint density at radius 2 is 1.87 bits per heavy atom. The summed E-state index contributed by atoms with van der Waals surface area (Å²) in [6.07, 6.45) is 6.38. The van der Waals surface area contributed by atoms with Gasteiger partial charge in [-0.2, -0.15) is 0 Å². The fourth-order valence-electron chi connectivity index (χ4n) is 4.04. The van der Waals surface area contributed by atoms with Gasteiger partial charge >= 0.3 is 0 Å². The standard InChI is InChI=1S/C24H24FN5S/c1-3-19-23(29(2)24-28-21(15-31-24)16-7-10-18(25)11-8-16)30-14-17(9-12-22(30)27-19)20-6-4-5-13-26-20/h7-12,14-15H,3-6,13H2,1-2H3. The van der Waals surface area contributed by atoms with E-state index in [2.05, 4.69) is 34.6 Å². The van der Waals surface area contributed by atoms with Gasteiger partial charge in [0.1, 0.15) is 17.3 Å². The number of fused-ring (bicyclic) bond motifs is 1. The number of imidazole rings is 1. The van der Waals surface area contributed by atoms with Crippen LogP contribution in [0.2, 0.25) is 0 Å². The predicted octanol–water partition coefficient (Wildman–Crippen LogP) is 5.90. The molecule has 0 N–H and O–H groups in total. The minimum Gasteiger partial charge on any atom is -0.305 e. The van der Waals surface area contributed by atoms with Gasteiger partial charge in [-0.1, -0.05) is 6.92 Å². The first-order chi connectivity index (χ1) is 15.1. The van der Waals surface area contributed by atoms with Crippen LogP contribution >= 0.6 is 11.3 Å². The fraction of sp³-hybridized carbons (Fsp3) is 0.292. The second-order valence-electron chi connectivity index (χ2n) is 7.75. The van der Waals surface area contributed by atoms with Crippen molar-refractivity contribution in [2.45, 2.75) is 32.6 Å². The molecular weight excluding hydrogens is 409 g/mol. The molecule has 7 heteroatoms. The van der Waals surface area contributed by atoms with Crippen LogP contribution in [0, 0.1) is 5.82 Å². The summed E-state index contributed by atoms with van der Waals surface area (Å²) in [7, 11) is 2.03. The number of anilines is 2. The Bertz CT molecular complexity index is 1250. The Balaban J connectivity index is 1.55. The number of halogens is 1. The zero-order valence-electron chi connectivity index (χ0n) is 17.7. The smallest absolute Gasteiger partial charge is 0.191 e. The molecule has 4 heterocycles. The summed E-state index contributed by atoms with van der Waals surface area (Å²) in [4.78, 5) is 16.5. The van der Waals surface area contributed by atoms with Gasteiger partial charge in [-0.15, -0.1) is 11.3 Å². The molecule has 0 saturated carbocycles. The van der Waals surface area contributed by atoms with Gasteiger partial charge in [0, 0.05) is 42.0 Å². The van der Waals surface area contributed by atoms with Crippen LogP contribution in [0.25, 0.3) is 16.9 Å². The summed E-state index contributed by atoms with van der Waals surface area (Å²) in [5.41, 5.74) is 6.05. The van der Waals surface area contributed by atoms with E-state index >= 15 is 0 Å². The number of rotatable bonds is 5. The van der Waals surface area contributed by atoms with E-state index in [0.717, 1.165) is 58.5 Å². The van der Waals surface area contributed by atoms with Gasteiger partial charge in [-0.25, -0.2) is 14.4 Å². The molecule has 0 amide bonds. The highest BCUT2D eigenvalue weighted by Crippen LogP contribution is 2.34. The fourth-order valence-corrected chi connectivity index (χ4v) is 4.84. The Labute approximate surface area is 184 Å². The van der Waals surface area contributed by atoms with E-state index < -0.39 is 0 Å². The molecule has 158 valence electrons.